The number of benzene rings is 2. The number of nitrogens with zero attached hydrogens (tertiary/aromatic N) is 1. The molecule has 136 valence electrons. The van der Waals surface area contributed by atoms with Gasteiger partial charge in [0.25, 0.3) is 5.91 Å². The summed E-state index contributed by atoms with van der Waals surface area (Å²) < 4.78 is 10.00. The van der Waals surface area contributed by atoms with E-state index in [1.54, 1.807) is 37.5 Å². The Kier molecular flexibility index (Phi) is 6.79. The van der Waals surface area contributed by atoms with E-state index in [0.29, 0.717) is 5.69 Å². The average molecular weight is 354 g/mol. The summed E-state index contributed by atoms with van der Waals surface area (Å²) in [6.45, 7) is -0.346. The number of carbonyl (C=O) groups is 2. The van der Waals surface area contributed by atoms with Crippen LogP contribution in [0.5, 0.6) is 5.75 Å². The lowest BCUT2D eigenvalue weighted by Crippen LogP contribution is -2.20. The maximum atomic E-state index is 11.8. The van der Waals surface area contributed by atoms with Crippen molar-refractivity contribution in [2.75, 3.05) is 38.0 Å². The average Bonchev–Trinajstić information content (AvgIpc) is 2.65. The predicted octanol–water partition coefficient (Wildman–Crippen LogP) is 2.96. The monoisotopic (exact) mass is 354 g/mol. The molecule has 0 bridgehead atoms. The lowest BCUT2D eigenvalue weighted by Gasteiger charge is -2.13. The van der Waals surface area contributed by atoms with E-state index >= 15 is 0 Å². The lowest BCUT2D eigenvalue weighted by molar-refractivity contribution is -0.142. The van der Waals surface area contributed by atoms with Gasteiger partial charge in [-0.1, -0.05) is 12.1 Å². The molecule has 0 aromatic heterocycles. The van der Waals surface area contributed by atoms with Crippen LogP contribution in [0, 0.1) is 0 Å². The van der Waals surface area contributed by atoms with Gasteiger partial charge in [0.1, 0.15) is 5.75 Å². The fraction of sp³-hybridized carbons (Fsp3) is 0.200. The third-order valence-corrected chi connectivity index (χ3v) is 3.54. The minimum absolute atomic E-state index is 0.346. The van der Waals surface area contributed by atoms with Crippen LogP contribution >= 0.6 is 0 Å². The van der Waals surface area contributed by atoms with Crippen LogP contribution in [-0.2, 0) is 14.3 Å². The standard InChI is InChI=1S/C20H22N2O4/c1-22(2)17-9-7-16(8-10-17)21-19(23)14-26-20(24)13-6-15-4-11-18(25-3)12-5-15/h4-13H,14H2,1-3H3,(H,21,23)/b13-6+. The molecule has 0 atom stereocenters. The van der Waals surface area contributed by atoms with Crippen LogP contribution < -0.4 is 15.0 Å². The molecule has 0 radical (unpaired) electrons. The highest BCUT2D eigenvalue weighted by Crippen LogP contribution is 2.15. The molecule has 0 aliphatic rings. The molecule has 0 aliphatic carbocycles. The molecule has 0 aliphatic heterocycles. The van der Waals surface area contributed by atoms with Gasteiger partial charge in [0.15, 0.2) is 6.61 Å². The summed E-state index contributed by atoms with van der Waals surface area (Å²) in [5.41, 5.74) is 2.50. The molecule has 26 heavy (non-hydrogen) atoms. The fourth-order valence-corrected chi connectivity index (χ4v) is 2.10. The third kappa shape index (κ3) is 5.98. The normalized spacial score (nSPS) is 10.4. The molecular formula is C20H22N2O4. The van der Waals surface area contributed by atoms with Gasteiger partial charge >= 0.3 is 5.97 Å². The number of nitrogens with one attached hydrogen (secondary N) is 1. The summed E-state index contributed by atoms with van der Waals surface area (Å²) in [7, 11) is 5.46. The zero-order valence-electron chi connectivity index (χ0n) is 15.1. The summed E-state index contributed by atoms with van der Waals surface area (Å²) in [6, 6.07) is 14.6. The maximum absolute atomic E-state index is 11.8. The van der Waals surface area contributed by atoms with Gasteiger partial charge in [-0.25, -0.2) is 4.79 Å². The Balaban J connectivity index is 1.78. The topological polar surface area (TPSA) is 67.9 Å². The van der Waals surface area contributed by atoms with Crippen LogP contribution in [0.4, 0.5) is 11.4 Å². The second kappa shape index (κ2) is 9.27. The van der Waals surface area contributed by atoms with E-state index in [0.717, 1.165) is 17.0 Å². The van der Waals surface area contributed by atoms with E-state index in [1.807, 2.05) is 43.3 Å². The van der Waals surface area contributed by atoms with Crippen molar-refractivity contribution in [1.82, 2.24) is 0 Å². The Morgan fingerprint density at radius 2 is 1.69 bits per heavy atom. The van der Waals surface area contributed by atoms with Crippen LogP contribution in [0.15, 0.2) is 54.6 Å². The molecule has 0 saturated carbocycles. The quantitative estimate of drug-likeness (QED) is 0.612. The van der Waals surface area contributed by atoms with Crippen molar-refractivity contribution in [2.45, 2.75) is 0 Å². The van der Waals surface area contributed by atoms with Crippen molar-refractivity contribution in [2.24, 2.45) is 0 Å². The molecule has 0 spiro atoms. The number of methoxy groups -OCH3 is 1. The van der Waals surface area contributed by atoms with Crippen molar-refractivity contribution < 1.29 is 19.1 Å². The van der Waals surface area contributed by atoms with Gasteiger partial charge < -0.3 is 19.7 Å². The number of rotatable bonds is 7. The SMILES string of the molecule is COc1ccc(/C=C/C(=O)OCC(=O)Nc2ccc(N(C)C)cc2)cc1. The highest BCUT2D eigenvalue weighted by molar-refractivity contribution is 5.94. The van der Waals surface area contributed by atoms with Gasteiger partial charge in [-0.15, -0.1) is 0 Å². The number of amides is 1. The zero-order chi connectivity index (χ0) is 18.9. The van der Waals surface area contributed by atoms with Crippen molar-refractivity contribution in [3.05, 3.63) is 60.2 Å². The first kappa shape index (κ1) is 19.1. The highest BCUT2D eigenvalue weighted by atomic mass is 16.5. The maximum Gasteiger partial charge on any atom is 0.331 e. The second-order valence-corrected chi connectivity index (χ2v) is 5.70. The highest BCUT2D eigenvalue weighted by Gasteiger charge is 2.06. The Morgan fingerprint density at radius 1 is 1.04 bits per heavy atom. The molecule has 0 fully saturated rings. The molecule has 6 heteroatoms. The third-order valence-electron chi connectivity index (χ3n) is 3.54. The molecule has 2 aromatic carbocycles. The van der Waals surface area contributed by atoms with Crippen LogP contribution in [0.2, 0.25) is 0 Å². The Morgan fingerprint density at radius 3 is 2.27 bits per heavy atom. The minimum Gasteiger partial charge on any atom is -0.497 e. The number of hydrogen-bond donors (Lipinski definition) is 1. The van der Waals surface area contributed by atoms with Crippen LogP contribution in [0.1, 0.15) is 5.56 Å². The summed E-state index contributed by atoms with van der Waals surface area (Å²) in [5.74, 6) is -0.243. The van der Waals surface area contributed by atoms with Gasteiger partial charge in [-0.05, 0) is 48.0 Å². The molecule has 1 N–H and O–H groups in total. The molecule has 2 aromatic rings. The fourth-order valence-electron chi connectivity index (χ4n) is 2.10. The van der Waals surface area contributed by atoms with Crippen molar-refractivity contribution in [3.63, 3.8) is 0 Å². The number of carbonyl (C=O) groups excluding carboxylic acids is 2. The van der Waals surface area contributed by atoms with Crippen LogP contribution in [-0.4, -0.2) is 39.7 Å². The smallest absolute Gasteiger partial charge is 0.331 e. The van der Waals surface area contributed by atoms with E-state index in [2.05, 4.69) is 5.32 Å². The number of hydrogen-bond acceptors (Lipinski definition) is 5. The Hall–Kier alpha value is -3.28. The van der Waals surface area contributed by atoms with Crippen LogP contribution in [0.3, 0.4) is 0 Å². The summed E-state index contributed by atoms with van der Waals surface area (Å²) >= 11 is 0. The minimum atomic E-state index is -0.584. The first-order valence-corrected chi connectivity index (χ1v) is 8.04. The van der Waals surface area contributed by atoms with Gasteiger partial charge in [-0.2, -0.15) is 0 Å². The van der Waals surface area contributed by atoms with Crippen LogP contribution in [0.25, 0.3) is 6.08 Å². The second-order valence-electron chi connectivity index (χ2n) is 5.70. The van der Waals surface area contributed by atoms with Crippen molar-refractivity contribution >= 4 is 29.3 Å². The Labute approximate surface area is 153 Å². The number of esters is 1. The van der Waals surface area contributed by atoms with Gasteiger partial charge in [-0.3, -0.25) is 4.79 Å². The molecule has 2 rings (SSSR count). The summed E-state index contributed by atoms with van der Waals surface area (Å²) in [4.78, 5) is 25.5. The van der Waals surface area contributed by atoms with Gasteiger partial charge in [0.2, 0.25) is 0 Å². The van der Waals surface area contributed by atoms with Gasteiger partial charge in [0.05, 0.1) is 7.11 Å². The molecule has 6 nitrogen and oxygen atoms in total. The van der Waals surface area contributed by atoms with Gasteiger partial charge in [0, 0.05) is 31.5 Å². The largest absolute Gasteiger partial charge is 0.497 e. The zero-order valence-corrected chi connectivity index (χ0v) is 15.1. The molecule has 0 saturated heterocycles. The van der Waals surface area contributed by atoms with E-state index in [9.17, 15) is 9.59 Å². The van der Waals surface area contributed by atoms with E-state index in [4.69, 9.17) is 9.47 Å². The predicted molar refractivity (Wildman–Crippen MR) is 102 cm³/mol. The van der Waals surface area contributed by atoms with Crippen molar-refractivity contribution in [1.29, 1.82) is 0 Å². The van der Waals surface area contributed by atoms with Crippen molar-refractivity contribution in [3.8, 4) is 5.75 Å². The number of anilines is 2. The first-order chi connectivity index (χ1) is 12.5. The lowest BCUT2D eigenvalue weighted by atomic mass is 10.2. The summed E-state index contributed by atoms with van der Waals surface area (Å²) in [6.07, 6.45) is 2.89. The number of ether oxygens (including phenoxy) is 2. The van der Waals surface area contributed by atoms with E-state index in [-0.39, 0.29) is 6.61 Å². The molecule has 0 heterocycles. The van der Waals surface area contributed by atoms with E-state index in [1.165, 1.54) is 6.08 Å². The molecule has 1 amide bonds. The first-order valence-electron chi connectivity index (χ1n) is 8.04. The molecule has 0 unspecified atom stereocenters. The summed E-state index contributed by atoms with van der Waals surface area (Å²) in [5, 5.41) is 2.68. The molecular weight excluding hydrogens is 332 g/mol. The van der Waals surface area contributed by atoms with E-state index < -0.39 is 11.9 Å². The Bertz CT molecular complexity index is 765.